The Kier molecular flexibility index (Phi) is 8.19. The van der Waals surface area contributed by atoms with Crippen LogP contribution >= 0.6 is 0 Å². The fraction of sp³-hybridized carbons (Fsp3) is 0.500. The summed E-state index contributed by atoms with van der Waals surface area (Å²) < 4.78 is 10.2. The lowest BCUT2D eigenvalue weighted by molar-refractivity contribution is 0.0981. The molecule has 4 nitrogen and oxygen atoms in total. The topological polar surface area (TPSA) is 58.9 Å². The smallest absolute Gasteiger partial charge is 0.186 e. The predicted molar refractivity (Wildman–Crippen MR) is 110 cm³/mol. The van der Waals surface area contributed by atoms with Crippen LogP contribution in [-0.2, 0) is 12.8 Å². The van der Waals surface area contributed by atoms with E-state index < -0.39 is 0 Å². The molecule has 3 rings (SSSR count). The Morgan fingerprint density at radius 3 is 1.29 bits per heavy atom. The fourth-order valence-corrected chi connectivity index (χ4v) is 4.20. The molecule has 0 spiro atoms. The summed E-state index contributed by atoms with van der Waals surface area (Å²) in [7, 11) is 0. The number of hydrogen-bond donors (Lipinski definition) is 2. The van der Waals surface area contributed by atoms with Crippen molar-refractivity contribution in [1.82, 2.24) is 0 Å². The minimum Gasteiger partial charge on any atom is -0.468 e. The van der Waals surface area contributed by atoms with Crippen molar-refractivity contribution in [2.45, 2.75) is 51.4 Å². The predicted octanol–water partition coefficient (Wildman–Crippen LogP) is 4.72. The fourth-order valence-electron chi connectivity index (χ4n) is 4.20. The van der Waals surface area contributed by atoms with Gasteiger partial charge < -0.3 is 19.7 Å². The Hall–Kier alpha value is -2.04. The quantitative estimate of drug-likeness (QED) is 0.582. The van der Waals surface area contributed by atoms with E-state index >= 15 is 0 Å². The van der Waals surface area contributed by atoms with Crippen LogP contribution in [0.25, 0.3) is 0 Å². The molecule has 0 atom stereocenters. The number of hydrogen-bond acceptors (Lipinski definition) is 4. The van der Waals surface area contributed by atoms with Crippen LogP contribution in [0.15, 0.2) is 48.5 Å². The zero-order valence-electron chi connectivity index (χ0n) is 16.6. The van der Waals surface area contributed by atoms with Gasteiger partial charge in [-0.05, 0) is 72.9 Å². The normalized spacial score (nSPS) is 19.4. The van der Waals surface area contributed by atoms with E-state index in [1.54, 1.807) is 0 Å². The van der Waals surface area contributed by atoms with Gasteiger partial charge in [-0.1, -0.05) is 49.9 Å². The lowest BCUT2D eigenvalue weighted by Gasteiger charge is -2.28. The second-order valence-corrected chi connectivity index (χ2v) is 7.80. The highest BCUT2D eigenvalue weighted by molar-refractivity contribution is 5.28. The van der Waals surface area contributed by atoms with Gasteiger partial charge in [-0.25, -0.2) is 0 Å². The highest BCUT2D eigenvalue weighted by Gasteiger charge is 2.20. The summed E-state index contributed by atoms with van der Waals surface area (Å²) >= 11 is 0. The molecule has 1 fully saturated rings. The third-order valence-electron chi connectivity index (χ3n) is 5.96. The maximum absolute atomic E-state index is 8.78. The van der Waals surface area contributed by atoms with E-state index in [9.17, 15) is 0 Å². The van der Waals surface area contributed by atoms with E-state index in [0.29, 0.717) is 0 Å². The number of rotatable bonds is 10. The molecule has 2 aromatic rings. The van der Waals surface area contributed by atoms with E-state index in [2.05, 4.69) is 24.3 Å². The van der Waals surface area contributed by atoms with Crippen LogP contribution in [0.3, 0.4) is 0 Å². The van der Waals surface area contributed by atoms with Gasteiger partial charge in [-0.15, -0.1) is 0 Å². The molecule has 0 unspecified atom stereocenters. The van der Waals surface area contributed by atoms with Crippen molar-refractivity contribution in [3.05, 3.63) is 59.7 Å². The molecule has 0 amide bonds. The molecule has 1 saturated carbocycles. The van der Waals surface area contributed by atoms with Gasteiger partial charge in [-0.2, -0.15) is 0 Å². The number of aryl methyl sites for hydroxylation is 2. The van der Waals surface area contributed by atoms with Crippen LogP contribution in [0.2, 0.25) is 0 Å². The van der Waals surface area contributed by atoms with Gasteiger partial charge >= 0.3 is 0 Å². The largest absolute Gasteiger partial charge is 0.468 e. The summed E-state index contributed by atoms with van der Waals surface area (Å²) in [4.78, 5) is 0. The zero-order chi connectivity index (χ0) is 19.6. The molecule has 0 aliphatic heterocycles. The average Bonchev–Trinajstić information content (AvgIpc) is 2.74. The Balaban J connectivity index is 1.34. The SMILES string of the molecule is OCOc1ccc(CCC2CCC(CCc3ccc(OCO)cc3)CC2)cc1. The number of aliphatic hydroxyl groups is 2. The summed E-state index contributed by atoms with van der Waals surface area (Å²) in [5.41, 5.74) is 2.70. The van der Waals surface area contributed by atoms with Crippen LogP contribution in [0.5, 0.6) is 11.5 Å². The first-order valence-corrected chi connectivity index (χ1v) is 10.4. The number of aliphatic hydroxyl groups excluding tert-OH is 2. The van der Waals surface area contributed by atoms with Crippen LogP contribution in [-0.4, -0.2) is 23.8 Å². The van der Waals surface area contributed by atoms with Crippen molar-refractivity contribution < 1.29 is 19.7 Å². The van der Waals surface area contributed by atoms with Crippen molar-refractivity contribution in [1.29, 1.82) is 0 Å². The van der Waals surface area contributed by atoms with Crippen LogP contribution in [0.4, 0.5) is 0 Å². The van der Waals surface area contributed by atoms with Gasteiger partial charge in [0.05, 0.1) is 0 Å². The Morgan fingerprint density at radius 1 is 0.607 bits per heavy atom. The summed E-state index contributed by atoms with van der Waals surface area (Å²) in [6.45, 7) is -0.544. The first kappa shape index (κ1) is 20.7. The van der Waals surface area contributed by atoms with Gasteiger partial charge in [0, 0.05) is 0 Å². The van der Waals surface area contributed by atoms with Crippen molar-refractivity contribution >= 4 is 0 Å². The molecule has 152 valence electrons. The molecule has 2 aromatic carbocycles. The van der Waals surface area contributed by atoms with Crippen LogP contribution < -0.4 is 9.47 Å². The standard InChI is InChI=1S/C24H32O4/c25-17-27-23-13-9-21(10-14-23)7-5-19-1-2-20(4-3-19)6-8-22-11-15-24(16-12-22)28-18-26/h9-16,19-20,25-26H,1-8,17-18H2. The van der Waals surface area contributed by atoms with Crippen molar-refractivity contribution in [3.63, 3.8) is 0 Å². The first-order chi connectivity index (χ1) is 13.8. The molecular weight excluding hydrogens is 352 g/mol. The second kappa shape index (κ2) is 11.1. The molecule has 4 heteroatoms. The van der Waals surface area contributed by atoms with E-state index in [4.69, 9.17) is 19.7 Å². The third kappa shape index (κ3) is 6.54. The first-order valence-electron chi connectivity index (χ1n) is 10.4. The number of benzene rings is 2. The van der Waals surface area contributed by atoms with Gasteiger partial charge in [0.2, 0.25) is 0 Å². The van der Waals surface area contributed by atoms with Crippen molar-refractivity contribution in [2.75, 3.05) is 13.6 Å². The van der Waals surface area contributed by atoms with E-state index in [1.165, 1.54) is 49.7 Å². The van der Waals surface area contributed by atoms with Crippen molar-refractivity contribution in [3.8, 4) is 11.5 Å². The Morgan fingerprint density at radius 2 is 0.964 bits per heavy atom. The highest BCUT2D eigenvalue weighted by Crippen LogP contribution is 2.34. The van der Waals surface area contributed by atoms with Gasteiger partial charge in [0.15, 0.2) is 13.6 Å². The summed E-state index contributed by atoms with van der Waals surface area (Å²) in [6, 6.07) is 16.2. The summed E-state index contributed by atoms with van der Waals surface area (Å²) in [6.07, 6.45) is 10.2. The van der Waals surface area contributed by atoms with Crippen LogP contribution in [0.1, 0.15) is 49.7 Å². The summed E-state index contributed by atoms with van der Waals surface area (Å²) in [5.74, 6) is 3.14. The minimum absolute atomic E-state index is 0.272. The maximum atomic E-state index is 8.78. The number of ether oxygens (including phenoxy) is 2. The molecule has 0 bridgehead atoms. The third-order valence-corrected chi connectivity index (χ3v) is 5.96. The maximum Gasteiger partial charge on any atom is 0.186 e. The molecule has 1 aliphatic carbocycles. The minimum atomic E-state index is -0.272. The van der Waals surface area contributed by atoms with Gasteiger partial charge in [-0.3, -0.25) is 0 Å². The molecular formula is C24H32O4. The van der Waals surface area contributed by atoms with E-state index in [1.807, 2.05) is 24.3 Å². The van der Waals surface area contributed by atoms with E-state index in [0.717, 1.165) is 36.2 Å². The van der Waals surface area contributed by atoms with Gasteiger partial charge in [0.25, 0.3) is 0 Å². The average molecular weight is 385 g/mol. The van der Waals surface area contributed by atoms with Crippen LogP contribution in [0, 0.1) is 11.8 Å². The Labute approximate surface area is 168 Å². The highest BCUT2D eigenvalue weighted by atomic mass is 16.6. The molecule has 0 radical (unpaired) electrons. The molecule has 0 saturated heterocycles. The Bertz CT molecular complexity index is 611. The molecule has 1 aliphatic rings. The second-order valence-electron chi connectivity index (χ2n) is 7.80. The van der Waals surface area contributed by atoms with Gasteiger partial charge in [0.1, 0.15) is 11.5 Å². The van der Waals surface area contributed by atoms with E-state index in [-0.39, 0.29) is 13.6 Å². The molecule has 2 N–H and O–H groups in total. The lowest BCUT2D eigenvalue weighted by Crippen LogP contribution is -2.15. The monoisotopic (exact) mass is 384 g/mol. The summed E-state index contributed by atoms with van der Waals surface area (Å²) in [5, 5.41) is 17.6. The molecule has 0 aromatic heterocycles. The van der Waals surface area contributed by atoms with Crippen molar-refractivity contribution in [2.24, 2.45) is 11.8 Å². The zero-order valence-corrected chi connectivity index (χ0v) is 16.6. The lowest BCUT2D eigenvalue weighted by atomic mass is 9.77. The molecule has 0 heterocycles. The molecule has 28 heavy (non-hydrogen) atoms.